The molecule has 0 spiro atoms. The van der Waals surface area contributed by atoms with Gasteiger partial charge in [0.1, 0.15) is 18.6 Å². The third-order valence-corrected chi connectivity index (χ3v) is 10.9. The summed E-state index contributed by atoms with van der Waals surface area (Å²) in [5, 5.41) is 10.3. The fraction of sp³-hybridized carbons (Fsp3) is 0.621. The van der Waals surface area contributed by atoms with Crippen LogP contribution in [0.1, 0.15) is 69.5 Å². The van der Waals surface area contributed by atoms with Crippen LogP contribution in [0.2, 0.25) is 0 Å². The van der Waals surface area contributed by atoms with Crippen LogP contribution in [-0.2, 0) is 23.9 Å². The highest BCUT2D eigenvalue weighted by Gasteiger charge is 2.33. The number of esters is 2. The second-order valence-corrected chi connectivity index (χ2v) is 13.6. The molecule has 0 bridgehead atoms. The predicted molar refractivity (Wildman–Crippen MR) is 164 cm³/mol. The normalized spacial score (nSPS) is 20.0. The van der Waals surface area contributed by atoms with Crippen LogP contribution < -0.4 is 4.90 Å². The van der Waals surface area contributed by atoms with Gasteiger partial charge in [0.2, 0.25) is 18.6 Å². The largest absolute Gasteiger partial charge is 0.428 e. The molecule has 0 aliphatic carbocycles. The van der Waals surface area contributed by atoms with Gasteiger partial charge in [0, 0.05) is 50.2 Å². The monoisotopic (exact) mass is 630 g/mol. The first-order valence-electron chi connectivity index (χ1n) is 14.6. The van der Waals surface area contributed by atoms with Gasteiger partial charge in [-0.2, -0.15) is 5.26 Å². The van der Waals surface area contributed by atoms with Crippen molar-refractivity contribution in [3.05, 3.63) is 18.6 Å². The van der Waals surface area contributed by atoms with Crippen molar-refractivity contribution in [1.29, 1.82) is 5.26 Å². The van der Waals surface area contributed by atoms with Crippen LogP contribution in [0, 0.1) is 17.2 Å². The first kappa shape index (κ1) is 32.6. The molecule has 2 saturated heterocycles. The summed E-state index contributed by atoms with van der Waals surface area (Å²) in [7, 11) is 5.73. The van der Waals surface area contributed by atoms with E-state index in [-0.39, 0.29) is 49.5 Å². The van der Waals surface area contributed by atoms with Crippen molar-refractivity contribution in [1.82, 2.24) is 19.4 Å². The molecule has 0 unspecified atom stereocenters. The minimum absolute atomic E-state index is 0.0346. The molecule has 0 aromatic carbocycles. The van der Waals surface area contributed by atoms with E-state index in [1.165, 1.54) is 23.1 Å². The molecule has 2 aliphatic rings. The number of hydrogen-bond acceptors (Lipinski definition) is 12. The van der Waals surface area contributed by atoms with E-state index in [9.17, 15) is 19.2 Å². The average molecular weight is 631 g/mol. The molecular formula is C29H38N6O6S2. The van der Waals surface area contributed by atoms with E-state index >= 15 is 0 Å². The van der Waals surface area contributed by atoms with Gasteiger partial charge in [-0.15, -0.1) is 0 Å². The molecule has 0 N–H and O–H groups in total. The number of ether oxygens (including phenoxy) is 2. The number of unbranched alkanes of at least 4 members (excludes halogenated alkanes) is 1. The van der Waals surface area contributed by atoms with Gasteiger partial charge >= 0.3 is 11.9 Å². The number of likely N-dealkylation sites (tertiary alicyclic amines) is 1. The number of anilines is 1. The molecule has 4 heterocycles. The van der Waals surface area contributed by atoms with Gasteiger partial charge in [-0.05, 0) is 37.7 Å². The smallest absolute Gasteiger partial charge is 0.309 e. The number of rotatable bonds is 13. The Morgan fingerprint density at radius 1 is 1.09 bits per heavy atom. The van der Waals surface area contributed by atoms with Gasteiger partial charge in [0.25, 0.3) is 0 Å². The Labute approximate surface area is 259 Å². The third kappa shape index (κ3) is 8.86. The topological polar surface area (TPSA) is 148 Å². The van der Waals surface area contributed by atoms with Crippen molar-refractivity contribution in [2.24, 2.45) is 5.92 Å². The molecule has 232 valence electrons. The Balaban J connectivity index is 1.24. The molecule has 4 rings (SSSR count). The van der Waals surface area contributed by atoms with Crippen LogP contribution in [0.15, 0.2) is 18.6 Å². The molecule has 14 heteroatoms. The second-order valence-electron chi connectivity index (χ2n) is 10.9. The SMILES string of the molecule is C[C@@H]1CCN(C(=O)CC#N)C[C@@H]1N(C)c1ncnc2c1ccn2C(=O)CCC(=O)OCOC(=O)CCCC[C@@H]1CCSS1. The van der Waals surface area contributed by atoms with Crippen LogP contribution >= 0.6 is 21.6 Å². The van der Waals surface area contributed by atoms with Gasteiger partial charge in [0.15, 0.2) is 5.65 Å². The lowest BCUT2D eigenvalue weighted by molar-refractivity contribution is -0.167. The first-order chi connectivity index (χ1) is 20.8. The molecule has 0 saturated carbocycles. The summed E-state index contributed by atoms with van der Waals surface area (Å²) >= 11 is 0. The lowest BCUT2D eigenvalue weighted by Gasteiger charge is -2.42. The average Bonchev–Trinajstić information content (AvgIpc) is 3.68. The van der Waals surface area contributed by atoms with E-state index in [1.807, 2.05) is 39.6 Å². The van der Waals surface area contributed by atoms with Crippen molar-refractivity contribution >= 4 is 62.2 Å². The van der Waals surface area contributed by atoms with Gasteiger partial charge in [-0.1, -0.05) is 34.9 Å². The fourth-order valence-corrected chi connectivity index (χ4v) is 8.40. The Kier molecular flexibility index (Phi) is 12.1. The summed E-state index contributed by atoms with van der Waals surface area (Å²) in [5.41, 5.74) is 0.412. The standard InChI is InChI=1S/C29H38N6O6S2/c1-20-10-14-34(24(36)9-13-30)17-23(20)33(2)28-22-11-15-35(29(22)32-18-31-28)25(37)7-8-27(39)41-19-40-26(38)6-4-3-5-21-12-16-42-43-21/h11,15,18,20-21,23H,3-10,12,14,16-17,19H2,1-2H3/t20-,21-,23+/m1/s1. The van der Waals surface area contributed by atoms with Gasteiger partial charge in [0.05, 0.1) is 23.9 Å². The highest BCUT2D eigenvalue weighted by molar-refractivity contribution is 8.77. The summed E-state index contributed by atoms with van der Waals surface area (Å²) < 4.78 is 11.4. The number of piperidine rings is 1. The second kappa shape index (κ2) is 16.0. The molecular weight excluding hydrogens is 592 g/mol. The highest BCUT2D eigenvalue weighted by atomic mass is 33.1. The molecule has 3 atom stereocenters. The molecule has 0 radical (unpaired) electrons. The lowest BCUT2D eigenvalue weighted by Crippen LogP contribution is -2.52. The summed E-state index contributed by atoms with van der Waals surface area (Å²) in [6.07, 6.45) is 7.68. The van der Waals surface area contributed by atoms with Crippen molar-refractivity contribution in [2.75, 3.05) is 37.6 Å². The molecule has 2 aliphatic heterocycles. The number of fused-ring (bicyclic) bond motifs is 1. The fourth-order valence-electron chi connectivity index (χ4n) is 5.38. The molecule has 2 aromatic rings. The number of carbonyl (C=O) groups is 4. The molecule has 43 heavy (non-hydrogen) atoms. The number of nitriles is 1. The molecule has 12 nitrogen and oxygen atoms in total. The van der Waals surface area contributed by atoms with E-state index in [1.54, 1.807) is 17.2 Å². The zero-order valence-corrected chi connectivity index (χ0v) is 26.2. The van der Waals surface area contributed by atoms with Crippen LogP contribution in [0.4, 0.5) is 5.82 Å². The summed E-state index contributed by atoms with van der Waals surface area (Å²) in [6.45, 7) is 2.74. The minimum atomic E-state index is -0.634. The van der Waals surface area contributed by atoms with Gasteiger partial charge < -0.3 is 19.3 Å². The maximum Gasteiger partial charge on any atom is 0.309 e. The summed E-state index contributed by atoms with van der Waals surface area (Å²) in [4.78, 5) is 61.9. The minimum Gasteiger partial charge on any atom is -0.428 e. The zero-order valence-electron chi connectivity index (χ0n) is 24.6. The number of nitrogens with zero attached hydrogens (tertiary/aromatic N) is 6. The van der Waals surface area contributed by atoms with Crippen molar-refractivity contribution in [3.63, 3.8) is 0 Å². The van der Waals surface area contributed by atoms with Gasteiger partial charge in [-0.3, -0.25) is 23.7 Å². The van der Waals surface area contributed by atoms with Crippen molar-refractivity contribution < 1.29 is 28.7 Å². The number of likely N-dealkylation sites (N-methyl/N-ethyl adjacent to an activating group) is 1. The third-order valence-electron chi connectivity index (χ3n) is 7.93. The molecule has 2 fully saturated rings. The Morgan fingerprint density at radius 3 is 2.63 bits per heavy atom. The number of hydrogen-bond donors (Lipinski definition) is 0. The van der Waals surface area contributed by atoms with Crippen LogP contribution in [0.3, 0.4) is 0 Å². The van der Waals surface area contributed by atoms with Crippen LogP contribution in [0.25, 0.3) is 11.0 Å². The van der Waals surface area contributed by atoms with Crippen molar-refractivity contribution in [2.45, 2.75) is 76.0 Å². The zero-order chi connectivity index (χ0) is 30.8. The van der Waals surface area contributed by atoms with E-state index in [0.29, 0.717) is 35.2 Å². The van der Waals surface area contributed by atoms with Crippen LogP contribution in [0.5, 0.6) is 0 Å². The first-order valence-corrected chi connectivity index (χ1v) is 17.0. The lowest BCUT2D eigenvalue weighted by atomic mass is 9.92. The maximum atomic E-state index is 13.0. The number of aromatic nitrogens is 3. The predicted octanol–water partition coefficient (Wildman–Crippen LogP) is 4.20. The van der Waals surface area contributed by atoms with E-state index in [4.69, 9.17) is 14.7 Å². The molecule has 2 aromatic heterocycles. The highest BCUT2D eigenvalue weighted by Crippen LogP contribution is 2.40. The summed E-state index contributed by atoms with van der Waals surface area (Å²) in [6, 6.07) is 3.65. The Bertz CT molecular complexity index is 1340. The number of carbonyl (C=O) groups excluding carboxylic acids is 4. The Hall–Kier alpha value is -3.31. The van der Waals surface area contributed by atoms with Crippen molar-refractivity contribution in [3.8, 4) is 6.07 Å². The maximum absolute atomic E-state index is 13.0. The number of amides is 1. The van der Waals surface area contributed by atoms with E-state index < -0.39 is 18.7 Å². The van der Waals surface area contributed by atoms with E-state index in [2.05, 4.69) is 16.9 Å². The molecule has 1 amide bonds. The summed E-state index contributed by atoms with van der Waals surface area (Å²) in [5.74, 6) is 0.535. The van der Waals surface area contributed by atoms with Gasteiger partial charge in [-0.25, -0.2) is 9.97 Å². The van der Waals surface area contributed by atoms with E-state index in [0.717, 1.165) is 25.7 Å². The Morgan fingerprint density at radius 2 is 1.88 bits per heavy atom. The van der Waals surface area contributed by atoms with Crippen LogP contribution in [-0.4, -0.2) is 87.2 Å². The quantitative estimate of drug-likeness (QED) is 0.135.